The van der Waals surface area contributed by atoms with E-state index in [1.54, 1.807) is 0 Å². The monoisotopic (exact) mass is 1120 g/mol. The molecule has 6 heteroatoms. The van der Waals surface area contributed by atoms with Crippen LogP contribution in [-0.2, 0) is 28.6 Å². The van der Waals surface area contributed by atoms with Gasteiger partial charge in [-0.15, -0.1) is 0 Å². The fourth-order valence-electron chi connectivity index (χ4n) is 10.9. The highest BCUT2D eigenvalue weighted by atomic mass is 16.6. The van der Waals surface area contributed by atoms with E-state index < -0.39 is 6.10 Å². The highest BCUT2D eigenvalue weighted by Gasteiger charge is 2.19. The van der Waals surface area contributed by atoms with Crippen molar-refractivity contribution >= 4 is 17.9 Å². The number of carbonyl (C=O) groups is 3. The highest BCUT2D eigenvalue weighted by molar-refractivity contribution is 5.71. The molecule has 0 heterocycles. The Bertz CT molecular complexity index is 1340. The molecule has 0 amide bonds. The maximum Gasteiger partial charge on any atom is 0.306 e. The zero-order valence-corrected chi connectivity index (χ0v) is 54.1. The Morgan fingerprint density at radius 2 is 0.450 bits per heavy atom. The Hall–Kier alpha value is -2.37. The Morgan fingerprint density at radius 3 is 0.700 bits per heavy atom. The average Bonchev–Trinajstić information content (AvgIpc) is 3.46. The first-order valence-electron chi connectivity index (χ1n) is 36.0. The molecule has 0 N–H and O–H groups in total. The maximum absolute atomic E-state index is 13.0. The van der Waals surface area contributed by atoms with Crippen molar-refractivity contribution in [2.24, 2.45) is 0 Å². The van der Waals surface area contributed by atoms with E-state index in [9.17, 15) is 14.4 Å². The number of allylic oxidation sites excluding steroid dienone is 6. The van der Waals surface area contributed by atoms with Gasteiger partial charge in [-0.1, -0.05) is 340 Å². The van der Waals surface area contributed by atoms with Crippen LogP contribution in [0.2, 0.25) is 0 Å². The van der Waals surface area contributed by atoms with E-state index in [-0.39, 0.29) is 31.1 Å². The van der Waals surface area contributed by atoms with Gasteiger partial charge in [-0.05, 0) is 77.0 Å². The van der Waals surface area contributed by atoms with E-state index in [2.05, 4.69) is 57.2 Å². The number of ether oxygens (including phenoxy) is 3. The number of esters is 3. The van der Waals surface area contributed by atoms with Crippen molar-refractivity contribution in [1.29, 1.82) is 0 Å². The molecule has 0 aromatic carbocycles. The third-order valence-corrected chi connectivity index (χ3v) is 16.4. The molecule has 0 aromatic heterocycles. The van der Waals surface area contributed by atoms with Crippen molar-refractivity contribution < 1.29 is 28.6 Å². The SMILES string of the molecule is CCCCCCC/C=C\C/C=C\CCCCCCCCCCCCCC(=O)OC(COC(=O)CCCCCCCCCCCCCCCC)COC(=O)CCCCCCCCCCCCCCC/C=C\CCCCCCCCCC. The van der Waals surface area contributed by atoms with E-state index in [0.29, 0.717) is 19.3 Å². The molecule has 0 fully saturated rings. The summed E-state index contributed by atoms with van der Waals surface area (Å²) in [6, 6.07) is 0. The predicted molar refractivity (Wildman–Crippen MR) is 349 cm³/mol. The second-order valence-corrected chi connectivity index (χ2v) is 24.5. The molecule has 0 aliphatic heterocycles. The minimum Gasteiger partial charge on any atom is -0.462 e. The number of unbranched alkanes of at least 4 members (excludes halogenated alkanes) is 50. The predicted octanol–water partition coefficient (Wildman–Crippen LogP) is 24.7. The van der Waals surface area contributed by atoms with Crippen LogP contribution in [0, 0.1) is 0 Å². The largest absolute Gasteiger partial charge is 0.462 e. The molecule has 0 aliphatic carbocycles. The Labute approximate surface area is 499 Å². The van der Waals surface area contributed by atoms with Gasteiger partial charge in [0.15, 0.2) is 6.10 Å². The molecule has 0 bridgehead atoms. The maximum atomic E-state index is 13.0. The number of rotatable bonds is 67. The van der Waals surface area contributed by atoms with Crippen LogP contribution < -0.4 is 0 Å². The van der Waals surface area contributed by atoms with E-state index in [0.717, 1.165) is 64.2 Å². The normalized spacial score (nSPS) is 12.2. The van der Waals surface area contributed by atoms with Gasteiger partial charge in [-0.3, -0.25) is 14.4 Å². The second kappa shape index (κ2) is 69.1. The van der Waals surface area contributed by atoms with Gasteiger partial charge < -0.3 is 14.2 Å². The minimum atomic E-state index is -0.772. The van der Waals surface area contributed by atoms with Crippen molar-refractivity contribution in [3.63, 3.8) is 0 Å². The molecular formula is C74H138O6. The summed E-state index contributed by atoms with van der Waals surface area (Å²) in [5, 5.41) is 0. The molecule has 0 aromatic rings. The van der Waals surface area contributed by atoms with Gasteiger partial charge in [0.25, 0.3) is 0 Å². The summed E-state index contributed by atoms with van der Waals surface area (Å²) in [6.07, 6.45) is 86.0. The second-order valence-electron chi connectivity index (χ2n) is 24.5. The third-order valence-electron chi connectivity index (χ3n) is 16.4. The van der Waals surface area contributed by atoms with E-state index in [4.69, 9.17) is 14.2 Å². The summed E-state index contributed by atoms with van der Waals surface area (Å²) < 4.78 is 17.0. The van der Waals surface area contributed by atoms with Crippen LogP contribution in [-0.4, -0.2) is 37.2 Å². The van der Waals surface area contributed by atoms with Crippen LogP contribution >= 0.6 is 0 Å². The highest BCUT2D eigenvalue weighted by Crippen LogP contribution is 2.18. The van der Waals surface area contributed by atoms with Gasteiger partial charge in [0.2, 0.25) is 0 Å². The zero-order chi connectivity index (χ0) is 57.8. The van der Waals surface area contributed by atoms with Crippen LogP contribution in [0.1, 0.15) is 400 Å². The van der Waals surface area contributed by atoms with Crippen LogP contribution in [0.4, 0.5) is 0 Å². The third kappa shape index (κ3) is 66.4. The molecule has 1 unspecified atom stereocenters. The van der Waals surface area contributed by atoms with E-state index in [1.165, 1.54) is 295 Å². The topological polar surface area (TPSA) is 78.9 Å². The lowest BCUT2D eigenvalue weighted by atomic mass is 10.0. The number of hydrogen-bond acceptors (Lipinski definition) is 6. The van der Waals surface area contributed by atoms with Crippen LogP contribution in [0.3, 0.4) is 0 Å². The van der Waals surface area contributed by atoms with Crippen molar-refractivity contribution in [3.05, 3.63) is 36.5 Å². The van der Waals surface area contributed by atoms with Gasteiger partial charge in [0.05, 0.1) is 0 Å². The van der Waals surface area contributed by atoms with Gasteiger partial charge in [0, 0.05) is 19.3 Å². The first kappa shape index (κ1) is 77.6. The quantitative estimate of drug-likeness (QED) is 0.0261. The fourth-order valence-corrected chi connectivity index (χ4v) is 10.9. The smallest absolute Gasteiger partial charge is 0.306 e. The van der Waals surface area contributed by atoms with Crippen molar-refractivity contribution in [2.45, 2.75) is 406 Å². The summed E-state index contributed by atoms with van der Waals surface area (Å²) >= 11 is 0. The fraction of sp³-hybridized carbons (Fsp3) is 0.878. The number of carbonyl (C=O) groups excluding carboxylic acids is 3. The summed E-state index contributed by atoms with van der Waals surface area (Å²) in [4.78, 5) is 38.5. The molecule has 0 saturated carbocycles. The Kier molecular flexibility index (Phi) is 67.1. The lowest BCUT2D eigenvalue weighted by Gasteiger charge is -2.18. The molecule has 470 valence electrons. The molecule has 1 atom stereocenters. The number of hydrogen-bond donors (Lipinski definition) is 0. The molecule has 6 nitrogen and oxygen atoms in total. The standard InChI is InChI=1S/C74H138O6/c1-4-7-10-13-16-19-22-25-28-30-32-34-36-37-39-40-42-44-46-49-52-55-58-61-64-67-73(76)79-70-71(69-78-72(75)66-63-60-57-54-51-48-27-24-21-18-15-12-9-6-3)80-74(77)68-65-62-59-56-53-50-47-45-43-41-38-35-33-31-29-26-23-20-17-14-11-8-5-2/h23,26,30-33,71H,4-22,24-25,27-29,34-70H2,1-3H3/b26-23-,32-30-,33-31-. The van der Waals surface area contributed by atoms with E-state index in [1.807, 2.05) is 0 Å². The molecule has 0 radical (unpaired) electrons. The van der Waals surface area contributed by atoms with Gasteiger partial charge >= 0.3 is 17.9 Å². The first-order valence-corrected chi connectivity index (χ1v) is 36.0. The van der Waals surface area contributed by atoms with Crippen LogP contribution in [0.5, 0.6) is 0 Å². The molecular weight excluding hydrogens is 985 g/mol. The lowest BCUT2D eigenvalue weighted by molar-refractivity contribution is -0.167. The van der Waals surface area contributed by atoms with Crippen molar-refractivity contribution in [3.8, 4) is 0 Å². The van der Waals surface area contributed by atoms with Crippen molar-refractivity contribution in [2.75, 3.05) is 13.2 Å². The first-order chi connectivity index (χ1) is 39.5. The summed E-state index contributed by atoms with van der Waals surface area (Å²) in [5.41, 5.74) is 0. The molecule has 80 heavy (non-hydrogen) atoms. The summed E-state index contributed by atoms with van der Waals surface area (Å²) in [5.74, 6) is -0.839. The van der Waals surface area contributed by atoms with Crippen molar-refractivity contribution in [1.82, 2.24) is 0 Å². The minimum absolute atomic E-state index is 0.0674. The van der Waals surface area contributed by atoms with Gasteiger partial charge in [-0.25, -0.2) is 0 Å². The summed E-state index contributed by atoms with van der Waals surface area (Å²) in [6.45, 7) is 6.70. The molecule has 0 aliphatic rings. The lowest BCUT2D eigenvalue weighted by Crippen LogP contribution is -2.30. The molecule has 0 spiro atoms. The van der Waals surface area contributed by atoms with Gasteiger partial charge in [-0.2, -0.15) is 0 Å². The average molecular weight is 1120 g/mol. The molecule has 0 rings (SSSR count). The molecule has 0 saturated heterocycles. The van der Waals surface area contributed by atoms with Crippen LogP contribution in [0.15, 0.2) is 36.5 Å². The summed E-state index contributed by atoms with van der Waals surface area (Å²) in [7, 11) is 0. The van der Waals surface area contributed by atoms with E-state index >= 15 is 0 Å². The Balaban J connectivity index is 4.25. The Morgan fingerprint density at radius 1 is 0.250 bits per heavy atom. The zero-order valence-electron chi connectivity index (χ0n) is 54.1. The van der Waals surface area contributed by atoms with Crippen LogP contribution in [0.25, 0.3) is 0 Å². The van der Waals surface area contributed by atoms with Gasteiger partial charge in [0.1, 0.15) is 13.2 Å².